The summed E-state index contributed by atoms with van der Waals surface area (Å²) in [6.07, 6.45) is 3.10. The zero-order chi connectivity index (χ0) is 14.7. The summed E-state index contributed by atoms with van der Waals surface area (Å²) < 4.78 is 5.18. The Morgan fingerprint density at radius 2 is 2.20 bits per heavy atom. The number of carbonyl (C=O) groups excluding carboxylic acids is 1. The highest BCUT2D eigenvalue weighted by Gasteiger charge is 2.27. The number of fused-ring (bicyclic) bond motifs is 1. The molecule has 20 heavy (non-hydrogen) atoms. The van der Waals surface area contributed by atoms with Gasteiger partial charge in [-0.3, -0.25) is 0 Å². The van der Waals surface area contributed by atoms with Gasteiger partial charge in [-0.1, -0.05) is 0 Å². The highest BCUT2D eigenvalue weighted by molar-refractivity contribution is 7.80. The second kappa shape index (κ2) is 6.54. The van der Waals surface area contributed by atoms with E-state index in [9.17, 15) is 4.79 Å². The van der Waals surface area contributed by atoms with Gasteiger partial charge in [0.1, 0.15) is 5.00 Å². The highest BCUT2D eigenvalue weighted by Crippen LogP contribution is 2.39. The molecule has 0 bridgehead atoms. The maximum atomic E-state index is 12.2. The SMILES string of the molecule is CCOC(=O)c1c(NC(=S)NC(C)C)sc2c1CCC2. The number of rotatable bonds is 4. The van der Waals surface area contributed by atoms with E-state index in [1.807, 2.05) is 20.8 Å². The minimum atomic E-state index is -0.248. The van der Waals surface area contributed by atoms with Crippen molar-refractivity contribution in [3.8, 4) is 0 Å². The van der Waals surface area contributed by atoms with E-state index in [0.29, 0.717) is 17.3 Å². The van der Waals surface area contributed by atoms with Gasteiger partial charge in [-0.2, -0.15) is 0 Å². The summed E-state index contributed by atoms with van der Waals surface area (Å²) in [5, 5.41) is 7.64. The third-order valence-electron chi connectivity index (χ3n) is 3.05. The molecule has 0 unspecified atom stereocenters. The van der Waals surface area contributed by atoms with Crippen molar-refractivity contribution in [2.75, 3.05) is 11.9 Å². The van der Waals surface area contributed by atoms with Crippen LogP contribution in [0.1, 0.15) is 48.0 Å². The van der Waals surface area contributed by atoms with Crippen molar-refractivity contribution in [1.29, 1.82) is 0 Å². The first-order valence-electron chi connectivity index (χ1n) is 6.92. The fourth-order valence-electron chi connectivity index (χ4n) is 2.31. The summed E-state index contributed by atoms with van der Waals surface area (Å²) in [6.45, 7) is 6.25. The number of carbonyl (C=O) groups is 1. The van der Waals surface area contributed by atoms with Crippen LogP contribution in [-0.2, 0) is 17.6 Å². The van der Waals surface area contributed by atoms with Crippen LogP contribution in [-0.4, -0.2) is 23.7 Å². The Balaban J connectivity index is 2.24. The number of hydrogen-bond acceptors (Lipinski definition) is 4. The first-order valence-corrected chi connectivity index (χ1v) is 8.14. The first-order chi connectivity index (χ1) is 9.52. The molecular weight excluding hydrogens is 292 g/mol. The van der Waals surface area contributed by atoms with Gasteiger partial charge in [0.05, 0.1) is 12.2 Å². The van der Waals surface area contributed by atoms with E-state index in [1.165, 1.54) is 4.88 Å². The lowest BCUT2D eigenvalue weighted by Crippen LogP contribution is -2.34. The molecule has 1 aliphatic rings. The number of thiocarbonyl (C=S) groups is 1. The second-order valence-electron chi connectivity index (χ2n) is 5.04. The van der Waals surface area contributed by atoms with Gasteiger partial charge in [-0.25, -0.2) is 4.79 Å². The molecule has 0 atom stereocenters. The summed E-state index contributed by atoms with van der Waals surface area (Å²) in [4.78, 5) is 13.5. The van der Waals surface area contributed by atoms with Crippen LogP contribution < -0.4 is 10.6 Å². The van der Waals surface area contributed by atoms with Crippen LogP contribution in [0.25, 0.3) is 0 Å². The van der Waals surface area contributed by atoms with E-state index in [-0.39, 0.29) is 12.0 Å². The largest absolute Gasteiger partial charge is 0.462 e. The molecule has 0 fully saturated rings. The molecule has 1 aromatic heterocycles. The van der Waals surface area contributed by atoms with Crippen molar-refractivity contribution in [2.24, 2.45) is 0 Å². The van der Waals surface area contributed by atoms with Gasteiger partial charge < -0.3 is 15.4 Å². The summed E-state index contributed by atoms with van der Waals surface area (Å²) in [5.74, 6) is -0.248. The number of thiophene rings is 1. The average molecular weight is 312 g/mol. The molecule has 110 valence electrons. The molecule has 1 aromatic rings. The molecule has 6 heteroatoms. The molecule has 4 nitrogen and oxygen atoms in total. The van der Waals surface area contributed by atoms with Crippen LogP contribution in [0.4, 0.5) is 5.00 Å². The highest BCUT2D eigenvalue weighted by atomic mass is 32.1. The number of nitrogens with one attached hydrogen (secondary N) is 2. The Hall–Kier alpha value is -1.14. The number of hydrogen-bond donors (Lipinski definition) is 2. The lowest BCUT2D eigenvalue weighted by molar-refractivity contribution is 0.0527. The van der Waals surface area contributed by atoms with Crippen LogP contribution >= 0.6 is 23.6 Å². The van der Waals surface area contributed by atoms with Crippen LogP contribution in [0.5, 0.6) is 0 Å². The lowest BCUT2D eigenvalue weighted by atomic mass is 10.1. The molecule has 2 N–H and O–H groups in total. The lowest BCUT2D eigenvalue weighted by Gasteiger charge is -2.13. The van der Waals surface area contributed by atoms with Gasteiger partial charge >= 0.3 is 5.97 Å². The fraction of sp³-hybridized carbons (Fsp3) is 0.571. The Morgan fingerprint density at radius 1 is 1.45 bits per heavy atom. The topological polar surface area (TPSA) is 50.4 Å². The van der Waals surface area contributed by atoms with Crippen molar-refractivity contribution in [1.82, 2.24) is 5.32 Å². The normalized spacial score (nSPS) is 13.2. The number of ether oxygens (including phenoxy) is 1. The zero-order valence-corrected chi connectivity index (χ0v) is 13.7. The van der Waals surface area contributed by atoms with Crippen molar-refractivity contribution in [2.45, 2.75) is 46.1 Å². The van der Waals surface area contributed by atoms with E-state index in [1.54, 1.807) is 11.3 Å². The zero-order valence-electron chi connectivity index (χ0n) is 12.0. The minimum absolute atomic E-state index is 0.248. The Morgan fingerprint density at radius 3 is 2.85 bits per heavy atom. The van der Waals surface area contributed by atoms with Crippen molar-refractivity contribution >= 4 is 39.6 Å². The van der Waals surface area contributed by atoms with Gasteiger partial charge in [-0.05, 0) is 57.8 Å². The molecule has 0 radical (unpaired) electrons. The molecule has 1 heterocycles. The van der Waals surface area contributed by atoms with E-state index >= 15 is 0 Å². The van der Waals surface area contributed by atoms with Gasteiger partial charge in [-0.15, -0.1) is 11.3 Å². The Bertz CT molecular complexity index is 523. The molecule has 0 aromatic carbocycles. The molecule has 1 aliphatic carbocycles. The molecule has 0 saturated carbocycles. The van der Waals surface area contributed by atoms with E-state index in [2.05, 4.69) is 10.6 Å². The monoisotopic (exact) mass is 312 g/mol. The van der Waals surface area contributed by atoms with Crippen LogP contribution in [0.2, 0.25) is 0 Å². The predicted octanol–water partition coefficient (Wildman–Crippen LogP) is 3.11. The standard InChI is InChI=1S/C14H20N2O2S2/c1-4-18-13(17)11-9-6-5-7-10(9)20-12(11)16-14(19)15-8(2)3/h8H,4-7H2,1-3H3,(H2,15,16,19). The van der Waals surface area contributed by atoms with Gasteiger partial charge in [0, 0.05) is 10.9 Å². The first kappa shape index (κ1) is 15.3. The Labute approximate surface area is 128 Å². The van der Waals surface area contributed by atoms with Gasteiger partial charge in [0.15, 0.2) is 5.11 Å². The minimum Gasteiger partial charge on any atom is -0.462 e. The molecule has 0 saturated heterocycles. The summed E-state index contributed by atoms with van der Waals surface area (Å²) in [6, 6.07) is 0.257. The molecule has 0 amide bonds. The molecular formula is C14H20N2O2S2. The number of esters is 1. The molecule has 0 spiro atoms. The summed E-state index contributed by atoms with van der Waals surface area (Å²) >= 11 is 6.88. The number of anilines is 1. The van der Waals surface area contributed by atoms with Gasteiger partial charge in [0.2, 0.25) is 0 Å². The quantitative estimate of drug-likeness (QED) is 0.661. The van der Waals surface area contributed by atoms with Crippen molar-refractivity contribution in [3.05, 3.63) is 16.0 Å². The smallest absolute Gasteiger partial charge is 0.341 e. The van der Waals surface area contributed by atoms with E-state index in [0.717, 1.165) is 29.8 Å². The number of aryl methyl sites for hydroxylation is 1. The van der Waals surface area contributed by atoms with Crippen LogP contribution in [0.15, 0.2) is 0 Å². The molecule has 0 aliphatic heterocycles. The fourth-order valence-corrected chi connectivity index (χ4v) is 4.00. The maximum Gasteiger partial charge on any atom is 0.341 e. The van der Waals surface area contributed by atoms with E-state index < -0.39 is 0 Å². The van der Waals surface area contributed by atoms with Gasteiger partial charge in [0.25, 0.3) is 0 Å². The maximum absolute atomic E-state index is 12.2. The third kappa shape index (κ3) is 3.30. The van der Waals surface area contributed by atoms with E-state index in [4.69, 9.17) is 17.0 Å². The third-order valence-corrected chi connectivity index (χ3v) is 4.47. The van der Waals surface area contributed by atoms with Crippen LogP contribution in [0, 0.1) is 0 Å². The summed E-state index contributed by atoms with van der Waals surface area (Å²) in [7, 11) is 0. The van der Waals surface area contributed by atoms with Crippen molar-refractivity contribution in [3.63, 3.8) is 0 Å². The molecule has 2 rings (SSSR count). The summed E-state index contributed by atoms with van der Waals surface area (Å²) in [5.41, 5.74) is 1.82. The Kier molecular flexibility index (Phi) is 4.99. The average Bonchev–Trinajstić information content (AvgIpc) is 2.87. The predicted molar refractivity (Wildman–Crippen MR) is 86.8 cm³/mol. The van der Waals surface area contributed by atoms with Crippen LogP contribution in [0.3, 0.4) is 0 Å². The van der Waals surface area contributed by atoms with Crippen molar-refractivity contribution < 1.29 is 9.53 Å². The second-order valence-corrected chi connectivity index (χ2v) is 6.55.